The van der Waals surface area contributed by atoms with Crippen molar-refractivity contribution in [3.05, 3.63) is 0 Å². The Bertz CT molecular complexity index is 139. The van der Waals surface area contributed by atoms with E-state index in [-0.39, 0.29) is 0 Å². The van der Waals surface area contributed by atoms with Crippen LogP contribution in [0, 0.1) is 0 Å². The van der Waals surface area contributed by atoms with Crippen molar-refractivity contribution in [2.24, 2.45) is 0 Å². The summed E-state index contributed by atoms with van der Waals surface area (Å²) in [5.74, 6) is 0. The van der Waals surface area contributed by atoms with Gasteiger partial charge in [-0.3, -0.25) is 0 Å². The van der Waals surface area contributed by atoms with E-state index in [1.54, 1.807) is 0 Å². The van der Waals surface area contributed by atoms with Crippen LogP contribution in [0.2, 0.25) is 0 Å². The number of rotatable bonds is 5. The molecule has 1 aliphatic rings. The molecule has 0 amide bonds. The van der Waals surface area contributed by atoms with Gasteiger partial charge in [-0.2, -0.15) is 0 Å². The second-order valence-electron chi connectivity index (χ2n) is 4.88. The Kier molecular flexibility index (Phi) is 5.49. The lowest BCUT2D eigenvalue weighted by molar-refractivity contribution is 0.191. The summed E-state index contributed by atoms with van der Waals surface area (Å²) in [6.45, 7) is 6.74. The van der Waals surface area contributed by atoms with E-state index in [2.05, 4.69) is 31.1 Å². The van der Waals surface area contributed by atoms with Crippen molar-refractivity contribution >= 4 is 0 Å². The standard InChI is InChI=1S/C12H26N2/c1-11(2)13-9-10-14(3)12-7-5-4-6-8-12/h11-13H,4-10H2,1-3H3. The summed E-state index contributed by atoms with van der Waals surface area (Å²) in [5, 5.41) is 3.47. The van der Waals surface area contributed by atoms with Crippen molar-refractivity contribution in [2.45, 2.75) is 58.0 Å². The molecule has 0 heterocycles. The van der Waals surface area contributed by atoms with E-state index in [9.17, 15) is 0 Å². The van der Waals surface area contributed by atoms with E-state index in [0.29, 0.717) is 6.04 Å². The first-order valence-electron chi connectivity index (χ1n) is 6.14. The van der Waals surface area contributed by atoms with Gasteiger partial charge in [0.05, 0.1) is 0 Å². The van der Waals surface area contributed by atoms with Crippen LogP contribution in [0.1, 0.15) is 46.0 Å². The Hall–Kier alpha value is -0.0800. The normalized spacial score (nSPS) is 19.5. The third kappa shape index (κ3) is 4.43. The van der Waals surface area contributed by atoms with Crippen LogP contribution in [0.5, 0.6) is 0 Å². The molecule has 14 heavy (non-hydrogen) atoms. The Morgan fingerprint density at radius 2 is 1.86 bits per heavy atom. The Labute approximate surface area is 89.1 Å². The average molecular weight is 198 g/mol. The number of hydrogen-bond acceptors (Lipinski definition) is 2. The van der Waals surface area contributed by atoms with E-state index in [1.165, 1.54) is 38.6 Å². The van der Waals surface area contributed by atoms with E-state index >= 15 is 0 Å². The zero-order valence-corrected chi connectivity index (χ0v) is 10.1. The van der Waals surface area contributed by atoms with Crippen LogP contribution < -0.4 is 5.32 Å². The minimum absolute atomic E-state index is 0.620. The molecule has 1 aliphatic carbocycles. The van der Waals surface area contributed by atoms with Crippen LogP contribution in [-0.2, 0) is 0 Å². The molecule has 0 aliphatic heterocycles. The maximum Gasteiger partial charge on any atom is 0.0107 e. The Morgan fingerprint density at radius 1 is 1.21 bits per heavy atom. The highest BCUT2D eigenvalue weighted by Gasteiger charge is 2.17. The molecule has 0 aromatic carbocycles. The van der Waals surface area contributed by atoms with E-state index < -0.39 is 0 Å². The minimum Gasteiger partial charge on any atom is -0.313 e. The van der Waals surface area contributed by atoms with E-state index in [1.807, 2.05) is 0 Å². The van der Waals surface area contributed by atoms with Gasteiger partial charge in [-0.15, -0.1) is 0 Å². The van der Waals surface area contributed by atoms with Crippen LogP contribution >= 0.6 is 0 Å². The first kappa shape index (κ1) is 12.0. The molecule has 0 unspecified atom stereocenters. The molecule has 1 saturated carbocycles. The van der Waals surface area contributed by atoms with E-state index in [4.69, 9.17) is 0 Å². The molecule has 0 bridgehead atoms. The van der Waals surface area contributed by atoms with Gasteiger partial charge in [-0.25, -0.2) is 0 Å². The fourth-order valence-corrected chi connectivity index (χ4v) is 2.23. The Morgan fingerprint density at radius 3 is 2.43 bits per heavy atom. The molecule has 0 saturated heterocycles. The summed E-state index contributed by atoms with van der Waals surface area (Å²) >= 11 is 0. The van der Waals surface area contributed by atoms with Gasteiger partial charge >= 0.3 is 0 Å². The van der Waals surface area contributed by atoms with Crippen LogP contribution in [0.25, 0.3) is 0 Å². The van der Waals surface area contributed by atoms with Gasteiger partial charge in [-0.05, 0) is 19.9 Å². The van der Waals surface area contributed by atoms with Crippen LogP contribution in [0.4, 0.5) is 0 Å². The summed E-state index contributed by atoms with van der Waals surface area (Å²) in [4.78, 5) is 2.54. The fourth-order valence-electron chi connectivity index (χ4n) is 2.23. The predicted octanol–water partition coefficient (Wildman–Crippen LogP) is 2.25. The highest BCUT2D eigenvalue weighted by atomic mass is 15.1. The molecule has 84 valence electrons. The van der Waals surface area contributed by atoms with Gasteiger partial charge < -0.3 is 10.2 Å². The zero-order valence-electron chi connectivity index (χ0n) is 10.1. The minimum atomic E-state index is 0.620. The highest BCUT2D eigenvalue weighted by Crippen LogP contribution is 2.21. The van der Waals surface area contributed by atoms with Gasteiger partial charge in [0.2, 0.25) is 0 Å². The Balaban J connectivity index is 2.10. The highest BCUT2D eigenvalue weighted by molar-refractivity contribution is 4.73. The predicted molar refractivity (Wildman–Crippen MR) is 62.6 cm³/mol. The van der Waals surface area contributed by atoms with Crippen LogP contribution in [0.3, 0.4) is 0 Å². The average Bonchev–Trinajstić information content (AvgIpc) is 2.18. The maximum atomic E-state index is 3.47. The van der Waals surface area contributed by atoms with Gasteiger partial charge in [0.25, 0.3) is 0 Å². The third-order valence-corrected chi connectivity index (χ3v) is 3.22. The summed E-state index contributed by atoms with van der Waals surface area (Å²) in [6.07, 6.45) is 7.16. The first-order valence-corrected chi connectivity index (χ1v) is 6.14. The lowest BCUT2D eigenvalue weighted by Gasteiger charge is -2.31. The van der Waals surface area contributed by atoms with Crippen LogP contribution in [0.15, 0.2) is 0 Å². The summed E-state index contributed by atoms with van der Waals surface area (Å²) < 4.78 is 0. The van der Waals surface area contributed by atoms with Crippen molar-refractivity contribution in [3.63, 3.8) is 0 Å². The summed E-state index contributed by atoms with van der Waals surface area (Å²) in [7, 11) is 2.28. The van der Waals surface area contributed by atoms with Crippen LogP contribution in [-0.4, -0.2) is 37.1 Å². The third-order valence-electron chi connectivity index (χ3n) is 3.22. The van der Waals surface area contributed by atoms with Crippen molar-refractivity contribution in [1.29, 1.82) is 0 Å². The SMILES string of the molecule is CC(C)NCCN(C)C1CCCCC1. The molecule has 0 aromatic rings. The van der Waals surface area contributed by atoms with Gasteiger partial charge in [-0.1, -0.05) is 33.1 Å². The molecule has 0 atom stereocenters. The molecule has 1 N–H and O–H groups in total. The van der Waals surface area contributed by atoms with Gasteiger partial charge in [0.1, 0.15) is 0 Å². The molecule has 2 heteroatoms. The van der Waals surface area contributed by atoms with Crippen molar-refractivity contribution in [1.82, 2.24) is 10.2 Å². The number of likely N-dealkylation sites (N-methyl/N-ethyl adjacent to an activating group) is 1. The quantitative estimate of drug-likeness (QED) is 0.729. The molecule has 0 aromatic heterocycles. The lowest BCUT2D eigenvalue weighted by Crippen LogP contribution is -2.39. The number of hydrogen-bond donors (Lipinski definition) is 1. The molecular formula is C12H26N2. The molecule has 2 nitrogen and oxygen atoms in total. The zero-order chi connectivity index (χ0) is 10.4. The molecule has 1 rings (SSSR count). The van der Waals surface area contributed by atoms with Crippen molar-refractivity contribution in [2.75, 3.05) is 20.1 Å². The molecular weight excluding hydrogens is 172 g/mol. The first-order chi connectivity index (χ1) is 6.70. The van der Waals surface area contributed by atoms with Gasteiger partial charge in [0, 0.05) is 25.2 Å². The van der Waals surface area contributed by atoms with E-state index in [0.717, 1.165) is 12.6 Å². The van der Waals surface area contributed by atoms with Crippen molar-refractivity contribution < 1.29 is 0 Å². The van der Waals surface area contributed by atoms with Gasteiger partial charge in [0.15, 0.2) is 0 Å². The smallest absolute Gasteiger partial charge is 0.0107 e. The second kappa shape index (κ2) is 6.41. The number of nitrogens with zero attached hydrogens (tertiary/aromatic N) is 1. The molecule has 0 spiro atoms. The summed E-state index contributed by atoms with van der Waals surface area (Å²) in [6, 6.07) is 1.48. The number of nitrogens with one attached hydrogen (secondary N) is 1. The fraction of sp³-hybridized carbons (Fsp3) is 1.00. The second-order valence-corrected chi connectivity index (χ2v) is 4.88. The van der Waals surface area contributed by atoms with Crippen molar-refractivity contribution in [3.8, 4) is 0 Å². The molecule has 1 fully saturated rings. The lowest BCUT2D eigenvalue weighted by atomic mass is 9.94. The summed E-state index contributed by atoms with van der Waals surface area (Å²) in [5.41, 5.74) is 0. The topological polar surface area (TPSA) is 15.3 Å². The largest absolute Gasteiger partial charge is 0.313 e. The maximum absolute atomic E-state index is 3.47. The monoisotopic (exact) mass is 198 g/mol. The molecule has 0 radical (unpaired) electrons.